The predicted octanol–water partition coefficient (Wildman–Crippen LogP) is 4.20. The number of aromatic amines is 1. The van der Waals surface area contributed by atoms with E-state index >= 15 is 0 Å². The zero-order valence-electron chi connectivity index (χ0n) is 15.3. The first-order valence-electron chi connectivity index (χ1n) is 8.75. The van der Waals surface area contributed by atoms with Gasteiger partial charge in [-0.25, -0.2) is 15.0 Å². The van der Waals surface area contributed by atoms with Crippen molar-refractivity contribution in [3.63, 3.8) is 0 Å². The second kappa shape index (κ2) is 7.43. The Labute approximate surface area is 168 Å². The SMILES string of the molecule is NC(=O)/C=C/c1cc(-c2cnc3[nH]cc(-c4ccncn4)c3c2)cc(C(F)(F)F)c1. The molecule has 0 saturated carbocycles. The summed E-state index contributed by atoms with van der Waals surface area (Å²) in [5, 5.41) is 0.706. The molecule has 4 aromatic rings. The highest BCUT2D eigenvalue weighted by molar-refractivity contribution is 5.95. The third-order valence-corrected chi connectivity index (χ3v) is 4.45. The summed E-state index contributed by atoms with van der Waals surface area (Å²) in [5.41, 5.74) is 7.20. The molecule has 0 unspecified atom stereocenters. The first-order chi connectivity index (χ1) is 14.3. The number of fused-ring (bicyclic) bond motifs is 1. The zero-order valence-corrected chi connectivity index (χ0v) is 15.3. The van der Waals surface area contributed by atoms with Gasteiger partial charge in [0.2, 0.25) is 5.91 Å². The molecule has 0 spiro atoms. The number of hydrogen-bond donors (Lipinski definition) is 2. The number of nitrogens with one attached hydrogen (secondary N) is 1. The quantitative estimate of drug-likeness (QED) is 0.494. The Morgan fingerprint density at radius 3 is 2.63 bits per heavy atom. The van der Waals surface area contributed by atoms with Gasteiger partial charge in [-0.1, -0.05) is 0 Å². The number of H-pyrrole nitrogens is 1. The van der Waals surface area contributed by atoms with Crippen LogP contribution >= 0.6 is 0 Å². The van der Waals surface area contributed by atoms with Crippen LogP contribution in [0.5, 0.6) is 0 Å². The van der Waals surface area contributed by atoms with Gasteiger partial charge in [-0.2, -0.15) is 13.2 Å². The molecule has 0 bridgehead atoms. The number of amides is 1. The van der Waals surface area contributed by atoms with E-state index in [2.05, 4.69) is 19.9 Å². The van der Waals surface area contributed by atoms with Crippen LogP contribution in [0.25, 0.3) is 39.5 Å². The molecule has 6 nitrogen and oxygen atoms in total. The predicted molar refractivity (Wildman–Crippen MR) is 106 cm³/mol. The standard InChI is InChI=1S/C21H14F3N5O/c22-21(23,24)15-6-12(1-2-19(25)30)5-13(7-15)14-8-16-17(10-28-20(16)27-9-14)18-3-4-26-11-29-18/h1-11H,(H2,25,30)(H,27,28)/b2-1+. The minimum absolute atomic E-state index is 0.198. The summed E-state index contributed by atoms with van der Waals surface area (Å²) in [6.45, 7) is 0. The Bertz CT molecular complexity index is 1260. The largest absolute Gasteiger partial charge is 0.416 e. The van der Waals surface area contributed by atoms with Gasteiger partial charge in [0.1, 0.15) is 12.0 Å². The van der Waals surface area contributed by atoms with Crippen molar-refractivity contribution in [2.75, 3.05) is 0 Å². The van der Waals surface area contributed by atoms with E-state index in [-0.39, 0.29) is 5.56 Å². The maximum Gasteiger partial charge on any atom is 0.416 e. The molecule has 0 atom stereocenters. The molecule has 3 N–H and O–H groups in total. The monoisotopic (exact) mass is 409 g/mol. The molecule has 4 rings (SSSR count). The highest BCUT2D eigenvalue weighted by Gasteiger charge is 2.31. The molecule has 3 heterocycles. The van der Waals surface area contributed by atoms with Crippen LogP contribution in [0.4, 0.5) is 13.2 Å². The number of nitrogens with two attached hydrogens (primary N) is 1. The number of benzene rings is 1. The second-order valence-corrected chi connectivity index (χ2v) is 6.49. The molecule has 9 heteroatoms. The van der Waals surface area contributed by atoms with Crippen molar-refractivity contribution in [1.82, 2.24) is 19.9 Å². The normalized spacial score (nSPS) is 12.0. The van der Waals surface area contributed by atoms with Crippen LogP contribution in [-0.2, 0) is 11.0 Å². The molecule has 0 aliphatic carbocycles. The number of hydrogen-bond acceptors (Lipinski definition) is 4. The number of pyridine rings is 1. The Morgan fingerprint density at radius 1 is 1.10 bits per heavy atom. The van der Waals surface area contributed by atoms with Gasteiger partial charge in [0.15, 0.2) is 0 Å². The van der Waals surface area contributed by atoms with Gasteiger partial charge < -0.3 is 10.7 Å². The Morgan fingerprint density at radius 2 is 1.93 bits per heavy atom. The molecule has 0 radical (unpaired) electrons. The summed E-state index contributed by atoms with van der Waals surface area (Å²) in [6, 6.07) is 7.01. The van der Waals surface area contributed by atoms with E-state index in [4.69, 9.17) is 5.73 Å². The first kappa shape index (κ1) is 19.3. The van der Waals surface area contributed by atoms with Gasteiger partial charge >= 0.3 is 6.18 Å². The number of carbonyl (C=O) groups is 1. The lowest BCUT2D eigenvalue weighted by molar-refractivity contribution is -0.137. The lowest BCUT2D eigenvalue weighted by atomic mass is 9.99. The molecule has 0 saturated heterocycles. The first-order valence-corrected chi connectivity index (χ1v) is 8.75. The highest BCUT2D eigenvalue weighted by atomic mass is 19.4. The van der Waals surface area contributed by atoms with E-state index in [1.807, 2.05) is 0 Å². The van der Waals surface area contributed by atoms with E-state index in [0.717, 1.165) is 23.8 Å². The van der Waals surface area contributed by atoms with Crippen molar-refractivity contribution in [3.8, 4) is 22.4 Å². The molecule has 1 amide bonds. The van der Waals surface area contributed by atoms with Gasteiger partial charge in [0, 0.05) is 41.2 Å². The average Bonchev–Trinajstić information content (AvgIpc) is 3.15. The number of rotatable bonds is 4. The highest BCUT2D eigenvalue weighted by Crippen LogP contribution is 2.35. The zero-order chi connectivity index (χ0) is 21.3. The summed E-state index contributed by atoms with van der Waals surface area (Å²) in [4.78, 5) is 26.5. The number of halogens is 3. The van der Waals surface area contributed by atoms with Crippen molar-refractivity contribution in [3.05, 3.63) is 72.5 Å². The molecule has 0 aliphatic rings. The fourth-order valence-electron chi connectivity index (χ4n) is 3.08. The fourth-order valence-corrected chi connectivity index (χ4v) is 3.08. The molecule has 3 aromatic heterocycles. The van der Waals surface area contributed by atoms with Crippen LogP contribution in [0.1, 0.15) is 11.1 Å². The maximum atomic E-state index is 13.4. The van der Waals surface area contributed by atoms with Gasteiger partial charge in [0.05, 0.1) is 11.3 Å². The number of aromatic nitrogens is 4. The van der Waals surface area contributed by atoms with Crippen LogP contribution in [0.3, 0.4) is 0 Å². The van der Waals surface area contributed by atoms with Crippen molar-refractivity contribution in [2.45, 2.75) is 6.18 Å². The minimum Gasteiger partial charge on any atom is -0.366 e. The van der Waals surface area contributed by atoms with E-state index in [0.29, 0.717) is 27.9 Å². The molecular weight excluding hydrogens is 395 g/mol. The molecule has 0 fully saturated rings. The third kappa shape index (κ3) is 3.90. The Kier molecular flexibility index (Phi) is 4.78. The van der Waals surface area contributed by atoms with Crippen molar-refractivity contribution < 1.29 is 18.0 Å². The van der Waals surface area contributed by atoms with E-state index in [9.17, 15) is 18.0 Å². The van der Waals surface area contributed by atoms with Crippen LogP contribution in [-0.4, -0.2) is 25.8 Å². The van der Waals surface area contributed by atoms with Crippen LogP contribution < -0.4 is 5.73 Å². The number of alkyl halides is 3. The van der Waals surface area contributed by atoms with Crippen molar-refractivity contribution >= 4 is 23.0 Å². The summed E-state index contributed by atoms with van der Waals surface area (Å²) in [5.74, 6) is -0.751. The number of primary amides is 1. The molecule has 0 aliphatic heterocycles. The number of nitrogens with zero attached hydrogens (tertiary/aromatic N) is 3. The Hall–Kier alpha value is -4.01. The summed E-state index contributed by atoms with van der Waals surface area (Å²) >= 11 is 0. The van der Waals surface area contributed by atoms with Gasteiger partial charge in [-0.05, 0) is 47.5 Å². The maximum absolute atomic E-state index is 13.4. The smallest absolute Gasteiger partial charge is 0.366 e. The van der Waals surface area contributed by atoms with Gasteiger partial charge in [-0.15, -0.1) is 0 Å². The second-order valence-electron chi connectivity index (χ2n) is 6.49. The average molecular weight is 409 g/mol. The molecule has 30 heavy (non-hydrogen) atoms. The topological polar surface area (TPSA) is 97.6 Å². The third-order valence-electron chi connectivity index (χ3n) is 4.45. The minimum atomic E-state index is -4.55. The van der Waals surface area contributed by atoms with Crippen molar-refractivity contribution in [1.29, 1.82) is 0 Å². The molecular formula is C21H14F3N5O. The van der Waals surface area contributed by atoms with Crippen LogP contribution in [0, 0.1) is 0 Å². The van der Waals surface area contributed by atoms with E-state index in [1.165, 1.54) is 24.7 Å². The Balaban J connectivity index is 1.87. The lowest BCUT2D eigenvalue weighted by Gasteiger charge is -2.11. The fraction of sp³-hybridized carbons (Fsp3) is 0.0476. The van der Waals surface area contributed by atoms with Crippen LogP contribution in [0.15, 0.2) is 61.3 Å². The molecule has 150 valence electrons. The van der Waals surface area contributed by atoms with E-state index < -0.39 is 17.6 Å². The lowest BCUT2D eigenvalue weighted by Crippen LogP contribution is -2.06. The molecule has 1 aromatic carbocycles. The van der Waals surface area contributed by atoms with Gasteiger partial charge in [0.25, 0.3) is 0 Å². The van der Waals surface area contributed by atoms with Gasteiger partial charge in [-0.3, -0.25) is 4.79 Å². The summed E-state index contributed by atoms with van der Waals surface area (Å²) < 4.78 is 40.2. The van der Waals surface area contributed by atoms with E-state index in [1.54, 1.807) is 24.5 Å². The summed E-state index contributed by atoms with van der Waals surface area (Å²) in [7, 11) is 0. The number of carbonyl (C=O) groups excluding carboxylic acids is 1. The van der Waals surface area contributed by atoms with Crippen molar-refractivity contribution in [2.24, 2.45) is 5.73 Å². The summed E-state index contributed by atoms with van der Waals surface area (Å²) in [6.07, 6.45) is 3.94. The van der Waals surface area contributed by atoms with Crippen LogP contribution in [0.2, 0.25) is 0 Å².